The first kappa shape index (κ1) is 19.5. The average Bonchev–Trinajstić information content (AvgIpc) is 2.44. The summed E-state index contributed by atoms with van der Waals surface area (Å²) in [5.74, 6) is 0.330. The van der Waals surface area contributed by atoms with E-state index < -0.39 is 5.60 Å². The van der Waals surface area contributed by atoms with Gasteiger partial charge in [-0.1, -0.05) is 45.0 Å². The largest absolute Gasteiger partial charge is 0.444 e. The third kappa shape index (κ3) is 7.51. The van der Waals surface area contributed by atoms with Crippen LogP contribution in [0.2, 0.25) is 0 Å². The molecular weight excluding hydrogens is 288 g/mol. The number of benzene rings is 1. The van der Waals surface area contributed by atoms with Gasteiger partial charge in [-0.25, -0.2) is 4.79 Å². The summed E-state index contributed by atoms with van der Waals surface area (Å²) in [6, 6.07) is 8.49. The van der Waals surface area contributed by atoms with Gasteiger partial charge in [0.1, 0.15) is 5.60 Å². The van der Waals surface area contributed by atoms with E-state index in [1.54, 1.807) is 0 Å². The van der Waals surface area contributed by atoms with E-state index in [1.165, 1.54) is 11.1 Å². The molecule has 4 nitrogen and oxygen atoms in total. The summed E-state index contributed by atoms with van der Waals surface area (Å²) in [5, 5.41) is 6.42. The molecule has 0 spiro atoms. The van der Waals surface area contributed by atoms with Gasteiger partial charge in [-0.2, -0.15) is 0 Å². The van der Waals surface area contributed by atoms with Crippen LogP contribution >= 0.6 is 0 Å². The van der Waals surface area contributed by atoms with Gasteiger partial charge in [0.25, 0.3) is 0 Å². The monoisotopic (exact) mass is 320 g/mol. The lowest BCUT2D eigenvalue weighted by Gasteiger charge is -2.26. The molecule has 1 aromatic carbocycles. The van der Waals surface area contributed by atoms with Crippen molar-refractivity contribution in [2.24, 2.45) is 5.92 Å². The molecule has 0 aliphatic heterocycles. The van der Waals surface area contributed by atoms with Gasteiger partial charge < -0.3 is 15.4 Å². The third-order valence-corrected chi connectivity index (χ3v) is 3.69. The quantitative estimate of drug-likeness (QED) is 0.801. The molecule has 23 heavy (non-hydrogen) atoms. The summed E-state index contributed by atoms with van der Waals surface area (Å²) in [5.41, 5.74) is 2.20. The van der Waals surface area contributed by atoms with E-state index in [9.17, 15) is 4.79 Å². The van der Waals surface area contributed by atoms with Crippen molar-refractivity contribution in [3.63, 3.8) is 0 Å². The molecule has 4 heteroatoms. The molecule has 1 unspecified atom stereocenters. The average molecular weight is 320 g/mol. The van der Waals surface area contributed by atoms with Crippen LogP contribution in [0.4, 0.5) is 4.79 Å². The minimum absolute atomic E-state index is 0.0404. The summed E-state index contributed by atoms with van der Waals surface area (Å²) in [4.78, 5) is 11.9. The van der Waals surface area contributed by atoms with Crippen LogP contribution in [0.3, 0.4) is 0 Å². The predicted octanol–water partition coefficient (Wildman–Crippen LogP) is 3.89. The highest BCUT2D eigenvalue weighted by atomic mass is 16.6. The smallest absolute Gasteiger partial charge is 0.407 e. The summed E-state index contributed by atoms with van der Waals surface area (Å²) in [7, 11) is 0. The van der Waals surface area contributed by atoms with E-state index in [1.807, 2.05) is 20.8 Å². The minimum Gasteiger partial charge on any atom is -0.444 e. The minimum atomic E-state index is -0.473. The number of alkyl carbamates (subject to hydrolysis) is 1. The van der Waals surface area contributed by atoms with Crippen molar-refractivity contribution in [1.29, 1.82) is 0 Å². The first-order chi connectivity index (χ1) is 10.7. The molecule has 0 saturated heterocycles. The van der Waals surface area contributed by atoms with Crippen molar-refractivity contribution in [3.05, 3.63) is 35.4 Å². The highest BCUT2D eigenvalue weighted by Crippen LogP contribution is 2.10. The maximum Gasteiger partial charge on any atom is 0.407 e. The second-order valence-corrected chi connectivity index (χ2v) is 7.25. The fourth-order valence-corrected chi connectivity index (χ4v) is 2.35. The molecule has 1 aromatic rings. The maximum absolute atomic E-state index is 11.9. The van der Waals surface area contributed by atoms with Crippen molar-refractivity contribution >= 4 is 6.09 Å². The molecule has 0 saturated carbocycles. The van der Waals surface area contributed by atoms with E-state index in [0.717, 1.165) is 19.5 Å². The highest BCUT2D eigenvalue weighted by Gasteiger charge is 2.21. The fraction of sp³-hybridized carbons (Fsp3) is 0.632. The van der Waals surface area contributed by atoms with E-state index >= 15 is 0 Å². The van der Waals surface area contributed by atoms with Gasteiger partial charge in [0.15, 0.2) is 0 Å². The van der Waals surface area contributed by atoms with Crippen LogP contribution in [-0.4, -0.2) is 24.3 Å². The fourth-order valence-electron chi connectivity index (χ4n) is 2.35. The molecule has 2 N–H and O–H groups in total. The summed E-state index contributed by atoms with van der Waals surface area (Å²) >= 11 is 0. The summed E-state index contributed by atoms with van der Waals surface area (Å²) < 4.78 is 5.34. The number of hydrogen-bond acceptors (Lipinski definition) is 3. The normalized spacial score (nSPS) is 13.0. The number of hydrogen-bond donors (Lipinski definition) is 2. The predicted molar refractivity (Wildman–Crippen MR) is 95.5 cm³/mol. The van der Waals surface area contributed by atoms with E-state index in [4.69, 9.17) is 4.74 Å². The molecule has 0 aliphatic rings. The van der Waals surface area contributed by atoms with E-state index in [0.29, 0.717) is 5.92 Å². The molecular formula is C19H32N2O2. The lowest BCUT2D eigenvalue weighted by atomic mass is 10.0. The molecule has 1 rings (SSSR count). The van der Waals surface area contributed by atoms with Crippen molar-refractivity contribution in [2.45, 2.75) is 66.2 Å². The topological polar surface area (TPSA) is 50.4 Å². The zero-order chi connectivity index (χ0) is 17.5. The molecule has 0 fully saturated rings. The van der Waals surface area contributed by atoms with Crippen LogP contribution in [-0.2, 0) is 17.7 Å². The van der Waals surface area contributed by atoms with Gasteiger partial charge in [0.05, 0.1) is 0 Å². The van der Waals surface area contributed by atoms with Gasteiger partial charge >= 0.3 is 6.09 Å². The Balaban J connectivity index is 2.52. The third-order valence-electron chi connectivity index (χ3n) is 3.69. The second-order valence-electron chi connectivity index (χ2n) is 7.25. The Morgan fingerprint density at radius 2 is 1.78 bits per heavy atom. The lowest BCUT2D eigenvalue weighted by molar-refractivity contribution is 0.0490. The Morgan fingerprint density at radius 1 is 1.17 bits per heavy atom. The van der Waals surface area contributed by atoms with Crippen molar-refractivity contribution in [2.75, 3.05) is 6.54 Å². The van der Waals surface area contributed by atoms with Crippen LogP contribution in [0, 0.1) is 5.92 Å². The Hall–Kier alpha value is -1.55. The standard InChI is InChI=1S/C19H32N2O2/c1-7-15-10-8-9-11-16(15)12-20-13-17(14(2)3)21-18(22)23-19(4,5)6/h8-11,14,17,20H,7,12-13H2,1-6H3,(H,21,22). The molecule has 0 aromatic heterocycles. The van der Waals surface area contributed by atoms with Gasteiger partial charge in [-0.15, -0.1) is 0 Å². The van der Waals surface area contributed by atoms with Gasteiger partial charge in [0, 0.05) is 19.1 Å². The Labute approximate surface area is 141 Å². The van der Waals surface area contributed by atoms with Crippen LogP contribution in [0.5, 0.6) is 0 Å². The molecule has 1 amide bonds. The first-order valence-electron chi connectivity index (χ1n) is 8.50. The van der Waals surface area contributed by atoms with E-state index in [2.05, 4.69) is 55.7 Å². The summed E-state index contributed by atoms with van der Waals surface area (Å²) in [6.07, 6.45) is 0.675. The number of aryl methyl sites for hydroxylation is 1. The van der Waals surface area contributed by atoms with E-state index in [-0.39, 0.29) is 12.1 Å². The molecule has 0 aliphatic carbocycles. The Kier molecular flexibility index (Phi) is 7.56. The van der Waals surface area contributed by atoms with Gasteiger partial charge in [-0.05, 0) is 44.2 Å². The molecule has 0 bridgehead atoms. The molecule has 0 heterocycles. The zero-order valence-electron chi connectivity index (χ0n) is 15.4. The first-order valence-corrected chi connectivity index (χ1v) is 8.50. The number of rotatable bonds is 7. The second kappa shape index (κ2) is 8.92. The number of amides is 1. The lowest BCUT2D eigenvalue weighted by Crippen LogP contribution is -2.47. The van der Waals surface area contributed by atoms with Gasteiger partial charge in [0.2, 0.25) is 0 Å². The van der Waals surface area contributed by atoms with Crippen LogP contribution < -0.4 is 10.6 Å². The number of ether oxygens (including phenoxy) is 1. The SMILES string of the molecule is CCc1ccccc1CNCC(NC(=O)OC(C)(C)C)C(C)C. The van der Waals surface area contributed by atoms with Crippen LogP contribution in [0.15, 0.2) is 24.3 Å². The number of nitrogens with one attached hydrogen (secondary N) is 2. The summed E-state index contributed by atoms with van der Waals surface area (Å²) in [6.45, 7) is 13.5. The van der Waals surface area contributed by atoms with Crippen molar-refractivity contribution in [3.8, 4) is 0 Å². The highest BCUT2D eigenvalue weighted by molar-refractivity contribution is 5.68. The molecule has 1 atom stereocenters. The number of carbonyl (C=O) groups is 1. The molecule has 130 valence electrons. The van der Waals surface area contributed by atoms with Crippen LogP contribution in [0.25, 0.3) is 0 Å². The van der Waals surface area contributed by atoms with Crippen LogP contribution in [0.1, 0.15) is 52.7 Å². The Bertz CT molecular complexity index is 492. The Morgan fingerprint density at radius 3 is 2.30 bits per heavy atom. The van der Waals surface area contributed by atoms with Gasteiger partial charge in [-0.3, -0.25) is 0 Å². The maximum atomic E-state index is 11.9. The zero-order valence-corrected chi connectivity index (χ0v) is 15.4. The number of carbonyl (C=O) groups excluding carboxylic acids is 1. The van der Waals surface area contributed by atoms with Crippen molar-refractivity contribution < 1.29 is 9.53 Å². The molecule has 0 radical (unpaired) electrons. The van der Waals surface area contributed by atoms with Crippen molar-refractivity contribution in [1.82, 2.24) is 10.6 Å².